The van der Waals surface area contributed by atoms with E-state index in [4.69, 9.17) is 0 Å². The van der Waals surface area contributed by atoms with Gasteiger partial charge in [0.05, 0.1) is 16.7 Å². The van der Waals surface area contributed by atoms with E-state index >= 15 is 0 Å². The molecule has 0 bridgehead atoms. The molecule has 0 saturated heterocycles. The van der Waals surface area contributed by atoms with Crippen LogP contribution in [0.25, 0.3) is 27.5 Å². The number of nitrogens with zero attached hydrogens (tertiary/aromatic N) is 4. The molecular formula is C54H37BN4. The largest absolute Gasteiger partial charge is 0.311 e. The third-order valence-corrected chi connectivity index (χ3v) is 12.1. The zero-order chi connectivity index (χ0) is 38.9. The highest BCUT2D eigenvalue weighted by Crippen LogP contribution is 2.49. The van der Waals surface area contributed by atoms with Crippen LogP contribution in [0.2, 0.25) is 0 Å². The van der Waals surface area contributed by atoms with Crippen LogP contribution in [0.1, 0.15) is 0 Å². The summed E-state index contributed by atoms with van der Waals surface area (Å²) in [5, 5.41) is 2.50. The molecule has 0 spiro atoms. The van der Waals surface area contributed by atoms with Crippen LogP contribution in [0.4, 0.5) is 51.2 Å². The van der Waals surface area contributed by atoms with Gasteiger partial charge in [-0.2, -0.15) is 0 Å². The molecule has 0 atom stereocenters. The van der Waals surface area contributed by atoms with E-state index in [9.17, 15) is 0 Å². The van der Waals surface area contributed by atoms with Gasteiger partial charge in [-0.3, -0.25) is 0 Å². The molecule has 0 N–H and O–H groups in total. The Morgan fingerprint density at radius 1 is 0.322 bits per heavy atom. The molecule has 0 aliphatic carbocycles. The van der Waals surface area contributed by atoms with Gasteiger partial charge in [0.25, 0.3) is 6.71 Å². The standard InChI is InChI=1S/C54H37BN4/c1-6-20-38(21-7-1)56(39-22-8-2-9-23-39)43-34-52-54-53(35-43)59(42-28-14-5-15-29-42)51-37-50-45(44-30-16-18-32-48(44)57(50)40-24-10-3-11-25-40)36-47(51)55(54)46-31-17-19-33-49(46)58(52)41-26-12-4-13-27-41/h1-37H. The number of benzene rings is 9. The molecule has 3 heterocycles. The minimum atomic E-state index is -0.0229. The highest BCUT2D eigenvalue weighted by Gasteiger charge is 2.44. The molecule has 5 heteroatoms. The van der Waals surface area contributed by atoms with Gasteiger partial charge in [-0.15, -0.1) is 0 Å². The maximum atomic E-state index is 2.52. The molecule has 2 aliphatic heterocycles. The summed E-state index contributed by atoms with van der Waals surface area (Å²) in [6, 6.07) is 81.7. The Labute approximate surface area is 344 Å². The summed E-state index contributed by atoms with van der Waals surface area (Å²) in [6.45, 7) is -0.0229. The van der Waals surface area contributed by atoms with Crippen molar-refractivity contribution < 1.29 is 0 Å². The summed E-state index contributed by atoms with van der Waals surface area (Å²) < 4.78 is 2.43. The van der Waals surface area contributed by atoms with Gasteiger partial charge in [0.1, 0.15) is 0 Å². The van der Waals surface area contributed by atoms with Crippen molar-refractivity contribution in [2.75, 3.05) is 14.7 Å². The molecular weight excluding hydrogens is 715 g/mol. The summed E-state index contributed by atoms with van der Waals surface area (Å²) in [6.07, 6.45) is 0. The molecule has 1 aromatic heterocycles. The second kappa shape index (κ2) is 13.4. The first-order valence-electron chi connectivity index (χ1n) is 20.3. The van der Waals surface area contributed by atoms with Crippen LogP contribution in [-0.4, -0.2) is 11.3 Å². The molecule has 0 amide bonds. The molecule has 0 radical (unpaired) electrons. The number of aromatic nitrogens is 1. The second-order valence-corrected chi connectivity index (χ2v) is 15.4. The Morgan fingerprint density at radius 2 is 0.814 bits per heavy atom. The highest BCUT2D eigenvalue weighted by molar-refractivity contribution is 7.00. The fourth-order valence-electron chi connectivity index (χ4n) is 9.69. The van der Waals surface area contributed by atoms with Crippen LogP contribution in [0.15, 0.2) is 224 Å². The fraction of sp³-hybridized carbons (Fsp3) is 0. The molecule has 0 fully saturated rings. The first-order valence-corrected chi connectivity index (χ1v) is 20.3. The van der Waals surface area contributed by atoms with E-state index in [0.29, 0.717) is 0 Å². The maximum absolute atomic E-state index is 2.52. The Kier molecular flexibility index (Phi) is 7.60. The molecule has 0 unspecified atom stereocenters. The number of rotatable bonds is 6. The van der Waals surface area contributed by atoms with Gasteiger partial charge in [0.2, 0.25) is 0 Å². The molecule has 276 valence electrons. The lowest BCUT2D eigenvalue weighted by Gasteiger charge is -2.45. The molecule has 9 aromatic carbocycles. The predicted molar refractivity (Wildman–Crippen MR) is 249 cm³/mol. The van der Waals surface area contributed by atoms with E-state index < -0.39 is 0 Å². The lowest BCUT2D eigenvalue weighted by Crippen LogP contribution is -2.61. The minimum Gasteiger partial charge on any atom is -0.311 e. The quantitative estimate of drug-likeness (QED) is 0.157. The van der Waals surface area contributed by atoms with Crippen molar-refractivity contribution in [1.82, 2.24) is 4.57 Å². The lowest BCUT2D eigenvalue weighted by molar-refractivity contribution is 1.18. The Balaban J connectivity index is 1.23. The van der Waals surface area contributed by atoms with Crippen molar-refractivity contribution in [3.8, 4) is 5.69 Å². The van der Waals surface area contributed by atoms with Gasteiger partial charge in [-0.25, -0.2) is 0 Å². The molecule has 0 saturated carbocycles. The number of hydrogen-bond donors (Lipinski definition) is 0. The van der Waals surface area contributed by atoms with Crippen LogP contribution in [0, 0.1) is 0 Å². The predicted octanol–water partition coefficient (Wildman–Crippen LogP) is 12.3. The van der Waals surface area contributed by atoms with Crippen LogP contribution in [-0.2, 0) is 0 Å². The normalized spacial score (nSPS) is 12.6. The van der Waals surface area contributed by atoms with Gasteiger partial charge in [-0.1, -0.05) is 133 Å². The third kappa shape index (κ3) is 5.18. The van der Waals surface area contributed by atoms with Crippen LogP contribution in [0.3, 0.4) is 0 Å². The smallest absolute Gasteiger partial charge is 0.252 e. The monoisotopic (exact) mass is 752 g/mol. The number of para-hydroxylation sites is 7. The first-order chi connectivity index (χ1) is 29.3. The van der Waals surface area contributed by atoms with E-state index in [1.54, 1.807) is 0 Å². The topological polar surface area (TPSA) is 14.7 Å². The van der Waals surface area contributed by atoms with E-state index in [-0.39, 0.29) is 6.71 Å². The van der Waals surface area contributed by atoms with Crippen molar-refractivity contribution in [1.29, 1.82) is 0 Å². The molecule has 12 rings (SSSR count). The number of hydrogen-bond acceptors (Lipinski definition) is 3. The van der Waals surface area contributed by atoms with E-state index in [0.717, 1.165) is 39.8 Å². The zero-order valence-corrected chi connectivity index (χ0v) is 32.2. The summed E-state index contributed by atoms with van der Waals surface area (Å²) in [5.41, 5.74) is 17.6. The second-order valence-electron chi connectivity index (χ2n) is 15.4. The van der Waals surface area contributed by atoms with Gasteiger partial charge < -0.3 is 19.3 Å². The van der Waals surface area contributed by atoms with Crippen LogP contribution < -0.4 is 31.1 Å². The van der Waals surface area contributed by atoms with Crippen molar-refractivity contribution in [2.24, 2.45) is 0 Å². The van der Waals surface area contributed by atoms with E-state index in [2.05, 4.69) is 244 Å². The maximum Gasteiger partial charge on any atom is 0.252 e. The zero-order valence-electron chi connectivity index (χ0n) is 32.2. The summed E-state index contributed by atoms with van der Waals surface area (Å²) in [4.78, 5) is 7.40. The molecule has 4 nitrogen and oxygen atoms in total. The Bertz CT molecular complexity index is 3130. The van der Waals surface area contributed by atoms with Gasteiger partial charge in [0.15, 0.2) is 0 Å². The van der Waals surface area contributed by atoms with E-state index in [1.807, 2.05) is 0 Å². The van der Waals surface area contributed by atoms with Crippen molar-refractivity contribution in [3.05, 3.63) is 224 Å². The number of fused-ring (bicyclic) bond motifs is 7. The van der Waals surface area contributed by atoms with Gasteiger partial charge in [-0.05, 0) is 107 Å². The molecule has 10 aromatic rings. The summed E-state index contributed by atoms with van der Waals surface area (Å²) in [7, 11) is 0. The van der Waals surface area contributed by atoms with Crippen molar-refractivity contribution in [3.63, 3.8) is 0 Å². The fourth-order valence-corrected chi connectivity index (χ4v) is 9.69. The van der Waals surface area contributed by atoms with Gasteiger partial charge >= 0.3 is 0 Å². The SMILES string of the molecule is c1ccc(N(c2ccccc2)c2cc3c4c(c2)N(c2ccccc2)c2cc5c(cc2B4c2ccccc2N3c2ccccc2)c2ccccc2n5-c2ccccc2)cc1. The first kappa shape index (κ1) is 33.4. The average molecular weight is 753 g/mol. The Hall–Kier alpha value is -7.76. The third-order valence-electron chi connectivity index (χ3n) is 12.1. The lowest BCUT2D eigenvalue weighted by atomic mass is 9.33. The highest BCUT2D eigenvalue weighted by atomic mass is 15.2. The van der Waals surface area contributed by atoms with Crippen molar-refractivity contribution >= 4 is 96.1 Å². The van der Waals surface area contributed by atoms with Crippen LogP contribution in [0.5, 0.6) is 0 Å². The summed E-state index contributed by atoms with van der Waals surface area (Å²) in [5.74, 6) is 0. The molecule has 59 heavy (non-hydrogen) atoms. The minimum absolute atomic E-state index is 0.0229. The Morgan fingerprint density at radius 3 is 1.42 bits per heavy atom. The van der Waals surface area contributed by atoms with Crippen LogP contribution >= 0.6 is 0 Å². The van der Waals surface area contributed by atoms with Gasteiger partial charge in [0, 0.05) is 62.0 Å². The average Bonchev–Trinajstić information content (AvgIpc) is 3.63. The van der Waals surface area contributed by atoms with E-state index in [1.165, 1.54) is 55.3 Å². The number of anilines is 9. The molecule has 2 aliphatic rings. The summed E-state index contributed by atoms with van der Waals surface area (Å²) >= 11 is 0. The van der Waals surface area contributed by atoms with Crippen molar-refractivity contribution in [2.45, 2.75) is 0 Å².